The predicted octanol–water partition coefficient (Wildman–Crippen LogP) is 25.2. The summed E-state index contributed by atoms with van der Waals surface area (Å²) < 4.78 is 68.8. The maximum atomic E-state index is 13.1. The SMILES string of the molecule is CCCCCCCCCCCCCCCCCCC(=O)OC[C@H](COP(=O)(O)OC[C@@H](O)COP(=O)(O)OC[C@@H](COC(=O)CCCCCCCCCCCCCCC)OC(=O)CCCCCCCCCCCCCCCCC)OC(=O)CCCCCCCCCCCCCCCCC(C)CC. The van der Waals surface area contributed by atoms with Crippen LogP contribution in [0.25, 0.3) is 0 Å². The third-order valence-corrected chi connectivity index (χ3v) is 21.8. The number of carbonyl (C=O) groups is 4. The lowest BCUT2D eigenvalue weighted by atomic mass is 9.99. The summed E-state index contributed by atoms with van der Waals surface area (Å²) in [7, 11) is -9.92. The van der Waals surface area contributed by atoms with E-state index in [1.54, 1.807) is 0 Å². The van der Waals surface area contributed by atoms with Gasteiger partial charge < -0.3 is 33.8 Å². The van der Waals surface area contributed by atoms with Crippen LogP contribution < -0.4 is 0 Å². The van der Waals surface area contributed by atoms with Crippen LogP contribution in [0.15, 0.2) is 0 Å². The first-order valence-electron chi connectivity index (χ1n) is 43.2. The van der Waals surface area contributed by atoms with E-state index in [-0.39, 0.29) is 25.7 Å². The molecule has 606 valence electrons. The first-order valence-corrected chi connectivity index (χ1v) is 46.2. The lowest BCUT2D eigenvalue weighted by Gasteiger charge is -2.21. The molecule has 0 aromatic heterocycles. The largest absolute Gasteiger partial charge is 0.472 e. The minimum absolute atomic E-state index is 0.109. The molecule has 0 aromatic rings. The van der Waals surface area contributed by atoms with Gasteiger partial charge in [0.25, 0.3) is 0 Å². The smallest absolute Gasteiger partial charge is 0.462 e. The zero-order valence-electron chi connectivity index (χ0n) is 66.8. The van der Waals surface area contributed by atoms with E-state index >= 15 is 0 Å². The van der Waals surface area contributed by atoms with Crippen molar-refractivity contribution in [3.05, 3.63) is 0 Å². The van der Waals surface area contributed by atoms with Crippen molar-refractivity contribution in [2.24, 2.45) is 5.92 Å². The summed E-state index contributed by atoms with van der Waals surface area (Å²) in [6.07, 6.45) is 67.7. The average molecular weight is 1490 g/mol. The van der Waals surface area contributed by atoms with Gasteiger partial charge >= 0.3 is 39.5 Å². The quantitative estimate of drug-likeness (QED) is 0.0222. The normalized spacial score (nSPS) is 14.1. The number of unbranched alkanes of at least 4 members (excludes halogenated alkanes) is 54. The summed E-state index contributed by atoms with van der Waals surface area (Å²) in [5.41, 5.74) is 0. The summed E-state index contributed by atoms with van der Waals surface area (Å²) in [4.78, 5) is 73.2. The molecule has 3 N–H and O–H groups in total. The molecule has 102 heavy (non-hydrogen) atoms. The van der Waals surface area contributed by atoms with Crippen LogP contribution >= 0.6 is 15.6 Å². The molecule has 0 amide bonds. The Morgan fingerprint density at radius 1 is 0.275 bits per heavy atom. The van der Waals surface area contributed by atoms with Gasteiger partial charge in [-0.05, 0) is 31.6 Å². The minimum Gasteiger partial charge on any atom is -0.462 e. The van der Waals surface area contributed by atoms with Gasteiger partial charge in [-0.3, -0.25) is 37.3 Å². The molecule has 0 radical (unpaired) electrons. The second-order valence-corrected chi connectivity index (χ2v) is 33.0. The van der Waals surface area contributed by atoms with Gasteiger partial charge in [0.05, 0.1) is 26.4 Å². The van der Waals surface area contributed by atoms with Crippen molar-refractivity contribution in [2.75, 3.05) is 39.6 Å². The van der Waals surface area contributed by atoms with Crippen LogP contribution in [0.1, 0.15) is 446 Å². The van der Waals surface area contributed by atoms with Gasteiger partial charge in [0.15, 0.2) is 12.2 Å². The zero-order valence-corrected chi connectivity index (χ0v) is 68.5. The van der Waals surface area contributed by atoms with Crippen molar-refractivity contribution in [3.8, 4) is 0 Å². The average Bonchev–Trinajstić information content (AvgIpc) is 0.929. The molecule has 0 aliphatic heterocycles. The lowest BCUT2D eigenvalue weighted by Crippen LogP contribution is -2.30. The fraction of sp³-hybridized carbons (Fsp3) is 0.952. The third-order valence-electron chi connectivity index (χ3n) is 19.9. The molecule has 0 bridgehead atoms. The van der Waals surface area contributed by atoms with Gasteiger partial charge in [-0.25, -0.2) is 9.13 Å². The van der Waals surface area contributed by atoms with E-state index in [1.807, 2.05) is 0 Å². The maximum Gasteiger partial charge on any atom is 0.472 e. The van der Waals surface area contributed by atoms with Gasteiger partial charge in [-0.1, -0.05) is 394 Å². The number of ether oxygens (including phenoxy) is 4. The molecular weight excluding hydrogens is 1330 g/mol. The van der Waals surface area contributed by atoms with Crippen molar-refractivity contribution in [1.29, 1.82) is 0 Å². The van der Waals surface area contributed by atoms with Gasteiger partial charge in [-0.2, -0.15) is 0 Å². The Kier molecular flexibility index (Phi) is 74.4. The highest BCUT2D eigenvalue weighted by atomic mass is 31.2. The van der Waals surface area contributed by atoms with E-state index in [1.165, 1.54) is 270 Å². The van der Waals surface area contributed by atoms with Crippen molar-refractivity contribution < 1.29 is 80.2 Å². The number of phosphoric ester groups is 2. The second-order valence-electron chi connectivity index (χ2n) is 30.1. The van der Waals surface area contributed by atoms with Crippen LogP contribution in [0.3, 0.4) is 0 Å². The molecule has 0 aliphatic rings. The van der Waals surface area contributed by atoms with E-state index < -0.39 is 97.5 Å². The van der Waals surface area contributed by atoms with E-state index in [0.29, 0.717) is 25.7 Å². The Morgan fingerprint density at radius 2 is 0.471 bits per heavy atom. The molecule has 0 fully saturated rings. The van der Waals surface area contributed by atoms with Crippen LogP contribution in [-0.4, -0.2) is 96.7 Å². The van der Waals surface area contributed by atoms with Crippen LogP contribution in [0.4, 0.5) is 0 Å². The summed E-state index contributed by atoms with van der Waals surface area (Å²) in [6, 6.07) is 0. The van der Waals surface area contributed by atoms with Gasteiger partial charge in [0.1, 0.15) is 19.3 Å². The number of aliphatic hydroxyl groups excluding tert-OH is 1. The van der Waals surface area contributed by atoms with E-state index in [2.05, 4.69) is 34.6 Å². The fourth-order valence-electron chi connectivity index (χ4n) is 12.9. The Hall–Kier alpha value is -1.94. The topological polar surface area (TPSA) is 237 Å². The fourth-order valence-corrected chi connectivity index (χ4v) is 14.5. The van der Waals surface area contributed by atoms with E-state index in [9.17, 15) is 43.2 Å². The molecule has 3 unspecified atom stereocenters. The van der Waals surface area contributed by atoms with Crippen molar-refractivity contribution >= 4 is 39.5 Å². The predicted molar refractivity (Wildman–Crippen MR) is 418 cm³/mol. The number of hydrogen-bond donors (Lipinski definition) is 3. The molecule has 0 heterocycles. The Labute approximate surface area is 626 Å². The third kappa shape index (κ3) is 74.9. The number of rotatable bonds is 83. The Morgan fingerprint density at radius 3 is 0.696 bits per heavy atom. The number of esters is 4. The molecule has 19 heteroatoms. The summed E-state index contributed by atoms with van der Waals surface area (Å²) in [5, 5.41) is 10.7. The number of phosphoric acid groups is 2. The molecule has 17 nitrogen and oxygen atoms in total. The molecule has 0 aromatic carbocycles. The summed E-state index contributed by atoms with van der Waals surface area (Å²) >= 11 is 0. The molecule has 0 saturated carbocycles. The molecule has 6 atom stereocenters. The number of hydrogen-bond acceptors (Lipinski definition) is 15. The number of carbonyl (C=O) groups excluding carboxylic acids is 4. The molecule has 0 aliphatic carbocycles. The van der Waals surface area contributed by atoms with E-state index in [4.69, 9.17) is 37.0 Å². The lowest BCUT2D eigenvalue weighted by molar-refractivity contribution is -0.161. The van der Waals surface area contributed by atoms with Crippen molar-refractivity contribution in [3.63, 3.8) is 0 Å². The molecule has 0 rings (SSSR count). The molecule has 0 saturated heterocycles. The Balaban J connectivity index is 5.27. The maximum absolute atomic E-state index is 13.1. The highest BCUT2D eigenvalue weighted by molar-refractivity contribution is 7.47. The first-order chi connectivity index (χ1) is 49.6. The zero-order chi connectivity index (χ0) is 74.8. The minimum atomic E-state index is -4.96. The monoisotopic (exact) mass is 1490 g/mol. The standard InChI is InChI=1S/C83H162O17P2/c1-6-10-13-16-19-22-25-28-30-32-37-42-47-52-57-62-67-81(86)94-73-79(100-83(88)69-64-59-54-49-44-39-34-33-36-40-45-50-55-60-65-76(5)9-4)75-98-102(91,92)96-71-77(84)70-95-101(89,90)97-74-78(72-93-80(85)66-61-56-51-46-41-35-27-24-21-18-15-12-8-3)99-82(87)68-63-58-53-48-43-38-31-29-26-23-20-17-14-11-7-2/h76-79,84H,6-75H2,1-5H3,(H,89,90)(H,91,92)/t76?,77-,78+,79+/m0/s1. The van der Waals surface area contributed by atoms with Crippen LogP contribution in [0.5, 0.6) is 0 Å². The van der Waals surface area contributed by atoms with Gasteiger partial charge in [-0.15, -0.1) is 0 Å². The summed E-state index contributed by atoms with van der Waals surface area (Å²) in [5.74, 6) is -1.25. The first kappa shape index (κ1) is 100. The molecular formula is C83H162O17P2. The van der Waals surface area contributed by atoms with Crippen molar-refractivity contribution in [2.45, 2.75) is 464 Å². The van der Waals surface area contributed by atoms with Crippen LogP contribution in [0, 0.1) is 5.92 Å². The van der Waals surface area contributed by atoms with Crippen molar-refractivity contribution in [1.82, 2.24) is 0 Å². The van der Waals surface area contributed by atoms with Gasteiger partial charge in [0, 0.05) is 25.7 Å². The molecule has 0 spiro atoms. The highest BCUT2D eigenvalue weighted by Crippen LogP contribution is 2.45. The number of aliphatic hydroxyl groups is 1. The van der Waals surface area contributed by atoms with Gasteiger partial charge in [0.2, 0.25) is 0 Å². The van der Waals surface area contributed by atoms with Crippen LogP contribution in [0.2, 0.25) is 0 Å². The highest BCUT2D eigenvalue weighted by Gasteiger charge is 2.30. The van der Waals surface area contributed by atoms with E-state index in [0.717, 1.165) is 95.8 Å². The second kappa shape index (κ2) is 75.9. The Bertz CT molecular complexity index is 1950. The summed E-state index contributed by atoms with van der Waals surface area (Å²) in [6.45, 7) is 7.41. The van der Waals surface area contributed by atoms with Crippen LogP contribution in [-0.2, 0) is 65.4 Å².